The third-order valence-electron chi connectivity index (χ3n) is 0.878. The molecule has 0 nitrogen and oxygen atoms in total. The van der Waals surface area contributed by atoms with Crippen molar-refractivity contribution < 1.29 is 0 Å². The van der Waals surface area contributed by atoms with Gasteiger partial charge in [0.15, 0.2) is 0 Å². The van der Waals surface area contributed by atoms with Crippen LogP contribution in [-0.2, 0) is 16.0 Å². The van der Waals surface area contributed by atoms with Gasteiger partial charge in [-0.05, 0) is 17.4 Å². The van der Waals surface area contributed by atoms with Gasteiger partial charge in [-0.2, -0.15) is 0 Å². The van der Waals surface area contributed by atoms with E-state index in [-0.39, 0.29) is 0 Å². The van der Waals surface area contributed by atoms with Crippen LogP contribution in [0.2, 0.25) is 0 Å². The molecule has 5 heteroatoms. The molecule has 0 aliphatic carbocycles. The lowest BCUT2D eigenvalue weighted by atomic mass is 11.9. The lowest BCUT2D eigenvalue weighted by molar-refractivity contribution is 2.09. The highest BCUT2D eigenvalue weighted by Crippen LogP contribution is 2.88. The molecule has 2 bridgehead atoms. The molecule has 0 radical (unpaired) electrons. The van der Waals surface area contributed by atoms with Gasteiger partial charge in [0.2, 0.25) is 0 Å². The lowest BCUT2D eigenvalue weighted by Gasteiger charge is -2.64. The Labute approximate surface area is 58.3 Å². The molecule has 0 saturated carbocycles. The maximum atomic E-state index is 5.34. The molecular formula is C2H4S5. The van der Waals surface area contributed by atoms with Gasteiger partial charge < -0.3 is 0 Å². The maximum absolute atomic E-state index is 5.34. The summed E-state index contributed by atoms with van der Waals surface area (Å²) in [5, 5.41) is 0. The minimum atomic E-state index is -1.21. The standard InChI is InChI=1S/C2H4S5/c1-7(3)4-2(5-7)6-7/h2H,1H3. The highest BCUT2D eigenvalue weighted by atomic mass is 34.0. The molecule has 3 aliphatic heterocycles. The minimum Gasteiger partial charge on any atom is -0.0670 e. The average molecular weight is 188 g/mol. The zero-order valence-corrected chi connectivity index (χ0v) is 7.70. The second-order valence-corrected chi connectivity index (χ2v) is 22.2. The molecule has 0 spiro atoms. The van der Waals surface area contributed by atoms with Crippen LogP contribution in [-0.4, -0.2) is 10.2 Å². The van der Waals surface area contributed by atoms with Gasteiger partial charge in [0, 0.05) is 0 Å². The van der Waals surface area contributed by atoms with Crippen molar-refractivity contribution in [2.75, 3.05) is 6.26 Å². The van der Waals surface area contributed by atoms with Crippen LogP contribution < -0.4 is 0 Å². The van der Waals surface area contributed by atoms with E-state index in [1.807, 2.05) is 32.4 Å². The molecule has 3 fully saturated rings. The summed E-state index contributed by atoms with van der Waals surface area (Å²) in [6.45, 7) is 0. The molecule has 3 rings (SSSR count). The van der Waals surface area contributed by atoms with E-state index in [2.05, 4.69) is 6.26 Å². The first-order valence-electron chi connectivity index (χ1n) is 1.78. The van der Waals surface area contributed by atoms with E-state index in [4.69, 9.17) is 11.2 Å². The Balaban J connectivity index is 2.48. The van der Waals surface area contributed by atoms with E-state index >= 15 is 0 Å². The summed E-state index contributed by atoms with van der Waals surface area (Å²) in [6.07, 6.45) is 2.23. The van der Waals surface area contributed by atoms with Crippen LogP contribution in [0.25, 0.3) is 0 Å². The Morgan fingerprint density at radius 2 is 1.71 bits per heavy atom. The van der Waals surface area contributed by atoms with E-state index in [1.54, 1.807) is 0 Å². The Hall–Kier alpha value is 1.62. The van der Waals surface area contributed by atoms with Gasteiger partial charge in [0.05, 0.1) is 0 Å². The molecule has 3 aliphatic rings. The van der Waals surface area contributed by atoms with Crippen LogP contribution in [0.5, 0.6) is 0 Å². The fourth-order valence-electron chi connectivity index (χ4n) is 0.546. The summed E-state index contributed by atoms with van der Waals surface area (Å²) in [7, 11) is 6.03. The first-order chi connectivity index (χ1) is 3.07. The van der Waals surface area contributed by atoms with Crippen molar-refractivity contribution in [2.45, 2.75) is 3.91 Å². The minimum absolute atomic E-state index is 0.837. The van der Waals surface area contributed by atoms with Crippen molar-refractivity contribution in [1.29, 1.82) is 0 Å². The molecule has 0 unspecified atom stereocenters. The predicted molar refractivity (Wildman–Crippen MR) is 47.2 cm³/mol. The number of hydrogen-bond donors (Lipinski definition) is 0. The number of rotatable bonds is 0. The molecule has 0 N–H and O–H groups in total. The van der Waals surface area contributed by atoms with E-state index in [9.17, 15) is 0 Å². The van der Waals surface area contributed by atoms with Gasteiger partial charge in [-0.3, -0.25) is 0 Å². The predicted octanol–water partition coefficient (Wildman–Crippen LogP) is 2.02. The van der Waals surface area contributed by atoms with Gasteiger partial charge in [0.25, 0.3) is 0 Å². The van der Waals surface area contributed by atoms with Gasteiger partial charge >= 0.3 is 0 Å². The van der Waals surface area contributed by atoms with E-state index in [1.165, 1.54) is 0 Å². The summed E-state index contributed by atoms with van der Waals surface area (Å²) in [5.41, 5.74) is 0. The Morgan fingerprint density at radius 1 is 1.43 bits per heavy atom. The lowest BCUT2D eigenvalue weighted by Crippen LogP contribution is -2.42. The zero-order chi connectivity index (χ0) is 5.15. The van der Waals surface area contributed by atoms with Crippen molar-refractivity contribution in [2.24, 2.45) is 0 Å². The topological polar surface area (TPSA) is 0 Å². The van der Waals surface area contributed by atoms with Crippen LogP contribution in [0.15, 0.2) is 0 Å². The Morgan fingerprint density at radius 3 is 1.71 bits per heavy atom. The summed E-state index contributed by atoms with van der Waals surface area (Å²) in [6, 6.07) is 0. The normalized spacial score (nSPS) is 55.0. The van der Waals surface area contributed by atoms with Crippen LogP contribution in [0.1, 0.15) is 0 Å². The van der Waals surface area contributed by atoms with E-state index < -0.39 is 4.82 Å². The van der Waals surface area contributed by atoms with Gasteiger partial charge in [-0.15, -0.1) is 0 Å². The third-order valence-corrected chi connectivity index (χ3v) is 18.5. The second kappa shape index (κ2) is 1.08. The molecule has 3 heterocycles. The SMILES string of the molecule is CS12(=S)SC(S1)S2. The highest BCUT2D eigenvalue weighted by Gasteiger charge is 2.60. The van der Waals surface area contributed by atoms with E-state index in [0.717, 1.165) is 3.91 Å². The molecular weight excluding hydrogens is 184 g/mol. The number of hydrogen-bond acceptors (Lipinski definition) is 4. The molecule has 42 valence electrons. The second-order valence-electron chi connectivity index (χ2n) is 1.65. The summed E-state index contributed by atoms with van der Waals surface area (Å²) >= 11 is 5.34. The molecule has 3 saturated heterocycles. The van der Waals surface area contributed by atoms with Crippen molar-refractivity contribution in [1.82, 2.24) is 0 Å². The van der Waals surface area contributed by atoms with Crippen molar-refractivity contribution in [3.8, 4) is 0 Å². The molecule has 0 atom stereocenters. The summed E-state index contributed by atoms with van der Waals surface area (Å²) in [5.74, 6) is 0. The van der Waals surface area contributed by atoms with Crippen molar-refractivity contribution in [3.05, 3.63) is 0 Å². The monoisotopic (exact) mass is 188 g/mol. The molecule has 0 aromatic carbocycles. The molecule has 7 heavy (non-hydrogen) atoms. The smallest absolute Gasteiger partial charge is 0.0670 e. The Kier molecular flexibility index (Phi) is 0.831. The van der Waals surface area contributed by atoms with Crippen molar-refractivity contribution >= 4 is 48.4 Å². The van der Waals surface area contributed by atoms with Crippen molar-refractivity contribution in [3.63, 3.8) is 0 Å². The molecule has 0 amide bonds. The quantitative estimate of drug-likeness (QED) is 0.533. The Bertz CT molecular complexity index is 154. The first-order valence-corrected chi connectivity index (χ1v) is 9.35. The third kappa shape index (κ3) is 0.625. The average Bonchev–Trinajstić information content (AvgIpc) is 1.27. The van der Waals surface area contributed by atoms with Gasteiger partial charge in [0.1, 0.15) is 3.91 Å². The van der Waals surface area contributed by atoms with Crippen LogP contribution in [0.3, 0.4) is 0 Å². The van der Waals surface area contributed by atoms with Gasteiger partial charge in [-0.1, -0.05) is 37.2 Å². The van der Waals surface area contributed by atoms with Crippen LogP contribution in [0.4, 0.5) is 0 Å². The first kappa shape index (κ1) is 5.41. The summed E-state index contributed by atoms with van der Waals surface area (Å²) < 4.78 is 0.837. The maximum Gasteiger partial charge on any atom is 0.127 e. The van der Waals surface area contributed by atoms with Crippen LogP contribution >= 0.6 is 32.4 Å². The van der Waals surface area contributed by atoms with Crippen LogP contribution in [0, 0.1) is 0 Å². The van der Waals surface area contributed by atoms with E-state index in [0.29, 0.717) is 0 Å². The zero-order valence-electron chi connectivity index (χ0n) is 3.62. The fourth-order valence-corrected chi connectivity index (χ4v) is 25.1. The fraction of sp³-hybridized carbons (Fsp3) is 1.00. The summed E-state index contributed by atoms with van der Waals surface area (Å²) in [4.78, 5) is -1.21. The molecule has 0 aromatic heterocycles. The highest BCUT2D eigenvalue weighted by molar-refractivity contribution is 9.62. The largest absolute Gasteiger partial charge is 0.127 e. The molecule has 0 aromatic rings. The van der Waals surface area contributed by atoms with Gasteiger partial charge in [-0.25, -0.2) is 0 Å².